The molecule has 10 heteroatoms. The van der Waals surface area contributed by atoms with E-state index in [4.69, 9.17) is 25.8 Å². The number of halogens is 1. The minimum absolute atomic E-state index is 0.238. The van der Waals surface area contributed by atoms with Crippen molar-refractivity contribution in [2.24, 2.45) is 0 Å². The molecule has 2 amide bonds. The SMILES string of the molecule is CCOc1cc(C(=O)NNC(=O)c2cnn(-c3cccc(Cl)c3)c2C)cc(OCC)c1OCC. The molecule has 0 aliphatic heterocycles. The molecule has 0 unspecified atom stereocenters. The summed E-state index contributed by atoms with van der Waals surface area (Å²) in [5.41, 5.74) is 6.70. The van der Waals surface area contributed by atoms with Gasteiger partial charge in [0, 0.05) is 10.6 Å². The van der Waals surface area contributed by atoms with Crippen LogP contribution in [0.15, 0.2) is 42.6 Å². The molecule has 0 atom stereocenters. The van der Waals surface area contributed by atoms with Gasteiger partial charge in [0.15, 0.2) is 11.5 Å². The second-order valence-corrected chi connectivity index (χ2v) is 7.48. The lowest BCUT2D eigenvalue weighted by Crippen LogP contribution is -2.41. The minimum atomic E-state index is -0.543. The van der Waals surface area contributed by atoms with Gasteiger partial charge in [0.1, 0.15) is 0 Å². The van der Waals surface area contributed by atoms with Crippen molar-refractivity contribution in [3.8, 4) is 22.9 Å². The fraction of sp³-hybridized carbons (Fsp3) is 0.292. The predicted molar refractivity (Wildman–Crippen MR) is 128 cm³/mol. The van der Waals surface area contributed by atoms with Gasteiger partial charge in [0.2, 0.25) is 5.75 Å². The van der Waals surface area contributed by atoms with Crippen molar-refractivity contribution in [2.45, 2.75) is 27.7 Å². The summed E-state index contributed by atoms with van der Waals surface area (Å²) in [6.45, 7) is 8.42. The third-order valence-electron chi connectivity index (χ3n) is 4.77. The van der Waals surface area contributed by atoms with Crippen molar-refractivity contribution in [3.63, 3.8) is 0 Å². The van der Waals surface area contributed by atoms with E-state index in [0.29, 0.717) is 53.3 Å². The molecule has 0 saturated heterocycles. The highest BCUT2D eigenvalue weighted by Gasteiger charge is 2.20. The second kappa shape index (κ2) is 11.4. The molecule has 9 nitrogen and oxygen atoms in total. The third-order valence-corrected chi connectivity index (χ3v) is 5.00. The van der Waals surface area contributed by atoms with Crippen LogP contribution in [0.5, 0.6) is 17.2 Å². The van der Waals surface area contributed by atoms with E-state index in [0.717, 1.165) is 5.69 Å². The van der Waals surface area contributed by atoms with Crippen molar-refractivity contribution < 1.29 is 23.8 Å². The predicted octanol–water partition coefficient (Wildman–Crippen LogP) is 4.11. The number of amides is 2. The van der Waals surface area contributed by atoms with Crippen molar-refractivity contribution in [1.82, 2.24) is 20.6 Å². The monoisotopic (exact) mass is 486 g/mol. The Bertz CT molecular complexity index is 1150. The minimum Gasteiger partial charge on any atom is -0.490 e. The second-order valence-electron chi connectivity index (χ2n) is 7.04. The summed E-state index contributed by atoms with van der Waals surface area (Å²) < 4.78 is 18.5. The average Bonchev–Trinajstić information content (AvgIpc) is 3.20. The summed E-state index contributed by atoms with van der Waals surface area (Å²) >= 11 is 6.05. The van der Waals surface area contributed by atoms with Gasteiger partial charge in [-0.2, -0.15) is 5.10 Å². The molecule has 3 rings (SSSR count). The lowest BCUT2D eigenvalue weighted by Gasteiger charge is -2.17. The normalized spacial score (nSPS) is 10.5. The fourth-order valence-corrected chi connectivity index (χ4v) is 3.46. The first-order valence-corrected chi connectivity index (χ1v) is 11.2. The highest BCUT2D eigenvalue weighted by atomic mass is 35.5. The lowest BCUT2D eigenvalue weighted by molar-refractivity contribution is 0.0846. The standard InChI is InChI=1S/C24H27ClN4O5/c1-5-32-20-11-16(12-21(33-6-2)22(20)34-7-3)23(30)27-28-24(31)19-14-26-29(15(19)4)18-10-8-9-17(25)13-18/h8-14H,5-7H2,1-4H3,(H,27,30)(H,28,31). The smallest absolute Gasteiger partial charge is 0.273 e. The molecule has 0 bridgehead atoms. The zero-order chi connectivity index (χ0) is 24.7. The Labute approximate surface area is 202 Å². The Morgan fingerprint density at radius 1 is 0.941 bits per heavy atom. The molecular weight excluding hydrogens is 460 g/mol. The number of carbonyl (C=O) groups excluding carboxylic acids is 2. The van der Waals surface area contributed by atoms with Crippen LogP contribution >= 0.6 is 11.6 Å². The van der Waals surface area contributed by atoms with Gasteiger partial charge in [-0.05, 0) is 58.0 Å². The number of benzene rings is 2. The first-order chi connectivity index (χ1) is 16.4. The van der Waals surface area contributed by atoms with E-state index in [1.165, 1.54) is 6.20 Å². The summed E-state index contributed by atoms with van der Waals surface area (Å²) in [5.74, 6) is 0.130. The first-order valence-electron chi connectivity index (χ1n) is 10.9. The van der Waals surface area contributed by atoms with Gasteiger partial charge in [-0.1, -0.05) is 17.7 Å². The van der Waals surface area contributed by atoms with Crippen LogP contribution in [0, 0.1) is 6.92 Å². The number of nitrogens with zero attached hydrogens (tertiary/aromatic N) is 2. The number of carbonyl (C=O) groups is 2. The molecule has 0 radical (unpaired) electrons. The number of hydrogen-bond acceptors (Lipinski definition) is 6. The fourth-order valence-electron chi connectivity index (χ4n) is 3.27. The van der Waals surface area contributed by atoms with Crippen LogP contribution in [0.2, 0.25) is 5.02 Å². The Morgan fingerprint density at radius 3 is 2.15 bits per heavy atom. The Kier molecular flexibility index (Phi) is 8.37. The van der Waals surface area contributed by atoms with E-state index >= 15 is 0 Å². The number of hydrogen-bond donors (Lipinski definition) is 2. The summed E-state index contributed by atoms with van der Waals surface area (Å²) in [5, 5.41) is 4.82. The largest absolute Gasteiger partial charge is 0.490 e. The quantitative estimate of drug-likeness (QED) is 0.441. The molecule has 3 aromatic rings. The Hall–Kier alpha value is -3.72. The summed E-state index contributed by atoms with van der Waals surface area (Å²) in [6, 6.07) is 10.2. The summed E-state index contributed by atoms with van der Waals surface area (Å²) in [6.07, 6.45) is 1.43. The molecular formula is C24H27ClN4O5. The summed E-state index contributed by atoms with van der Waals surface area (Å²) in [4.78, 5) is 25.5. The van der Waals surface area contributed by atoms with Gasteiger partial charge < -0.3 is 14.2 Å². The van der Waals surface area contributed by atoms with Gasteiger partial charge in [0.25, 0.3) is 11.8 Å². The van der Waals surface area contributed by atoms with Crippen LogP contribution < -0.4 is 25.1 Å². The Balaban J connectivity index is 1.77. The average molecular weight is 487 g/mol. The maximum absolute atomic E-state index is 12.8. The van der Waals surface area contributed by atoms with Crippen molar-refractivity contribution >= 4 is 23.4 Å². The van der Waals surface area contributed by atoms with Gasteiger partial charge in [0.05, 0.1) is 43.0 Å². The maximum atomic E-state index is 12.8. The number of nitrogens with one attached hydrogen (secondary N) is 2. The van der Waals surface area contributed by atoms with E-state index < -0.39 is 11.8 Å². The highest BCUT2D eigenvalue weighted by Crippen LogP contribution is 2.39. The molecule has 2 N–H and O–H groups in total. The Morgan fingerprint density at radius 2 is 1.56 bits per heavy atom. The molecule has 0 spiro atoms. The van der Waals surface area contributed by atoms with Crippen LogP contribution in [0.4, 0.5) is 0 Å². The molecule has 34 heavy (non-hydrogen) atoms. The first kappa shape index (κ1) is 24.9. The zero-order valence-corrected chi connectivity index (χ0v) is 20.2. The zero-order valence-electron chi connectivity index (χ0n) is 19.5. The van der Waals surface area contributed by atoms with Gasteiger partial charge >= 0.3 is 0 Å². The topological polar surface area (TPSA) is 104 Å². The molecule has 1 aromatic heterocycles. The molecule has 2 aromatic carbocycles. The number of rotatable bonds is 9. The van der Waals surface area contributed by atoms with E-state index in [9.17, 15) is 9.59 Å². The van der Waals surface area contributed by atoms with Gasteiger partial charge in [-0.25, -0.2) is 4.68 Å². The van der Waals surface area contributed by atoms with Gasteiger partial charge in [-0.3, -0.25) is 20.4 Å². The van der Waals surface area contributed by atoms with Crippen LogP contribution in [-0.2, 0) is 0 Å². The summed E-state index contributed by atoms with van der Waals surface area (Å²) in [7, 11) is 0. The molecule has 0 aliphatic carbocycles. The number of ether oxygens (including phenoxy) is 3. The maximum Gasteiger partial charge on any atom is 0.273 e. The molecule has 0 fully saturated rings. The third kappa shape index (κ3) is 5.60. The van der Waals surface area contributed by atoms with Crippen LogP contribution in [0.25, 0.3) is 5.69 Å². The van der Waals surface area contributed by atoms with Crippen molar-refractivity contribution in [3.05, 3.63) is 64.4 Å². The van der Waals surface area contributed by atoms with Crippen molar-refractivity contribution in [2.75, 3.05) is 19.8 Å². The molecule has 0 saturated carbocycles. The van der Waals surface area contributed by atoms with Crippen LogP contribution in [0.3, 0.4) is 0 Å². The van der Waals surface area contributed by atoms with Crippen LogP contribution in [0.1, 0.15) is 47.2 Å². The number of aromatic nitrogens is 2. The molecule has 180 valence electrons. The number of hydrazine groups is 1. The van der Waals surface area contributed by atoms with E-state index in [2.05, 4.69) is 16.0 Å². The van der Waals surface area contributed by atoms with E-state index in [1.807, 2.05) is 26.8 Å². The molecule has 0 aliphatic rings. The van der Waals surface area contributed by atoms with E-state index in [1.54, 1.807) is 41.9 Å². The van der Waals surface area contributed by atoms with Crippen molar-refractivity contribution in [1.29, 1.82) is 0 Å². The highest BCUT2D eigenvalue weighted by molar-refractivity contribution is 6.30. The lowest BCUT2D eigenvalue weighted by atomic mass is 10.1. The van der Waals surface area contributed by atoms with Gasteiger partial charge in [-0.15, -0.1) is 0 Å². The molecule has 1 heterocycles. The van der Waals surface area contributed by atoms with E-state index in [-0.39, 0.29) is 5.56 Å². The van der Waals surface area contributed by atoms with Crippen LogP contribution in [-0.4, -0.2) is 41.4 Å².